The van der Waals surface area contributed by atoms with Gasteiger partial charge in [-0.05, 0) is 66.2 Å². The van der Waals surface area contributed by atoms with E-state index < -0.39 is 23.6 Å². The van der Waals surface area contributed by atoms with Crippen LogP contribution in [0.15, 0.2) is 71.8 Å². The minimum absolute atomic E-state index is 0.245. The fraction of sp³-hybridized carbons (Fsp3) is 0.107. The number of hydrogen-bond acceptors (Lipinski definition) is 4. The predicted octanol–water partition coefficient (Wildman–Crippen LogP) is 7.63. The molecular formula is C28H20Cl3N3O3S. The zero-order valence-electron chi connectivity index (χ0n) is 20.0. The molecule has 1 aromatic heterocycles. The number of benzene rings is 3. The molecule has 0 bridgehead atoms. The van der Waals surface area contributed by atoms with Crippen LogP contribution in [0.2, 0.25) is 15.1 Å². The van der Waals surface area contributed by atoms with Gasteiger partial charge in [0.1, 0.15) is 6.54 Å². The van der Waals surface area contributed by atoms with Crippen LogP contribution in [0.5, 0.6) is 0 Å². The van der Waals surface area contributed by atoms with E-state index in [0.717, 1.165) is 44.3 Å². The van der Waals surface area contributed by atoms with Crippen LogP contribution >= 0.6 is 46.6 Å². The summed E-state index contributed by atoms with van der Waals surface area (Å²) in [6.45, 7) is 1.92. The Balaban J connectivity index is 1.38. The van der Waals surface area contributed by atoms with Crippen molar-refractivity contribution in [3.05, 3.63) is 104 Å². The van der Waals surface area contributed by atoms with Crippen molar-refractivity contribution in [3.63, 3.8) is 0 Å². The summed E-state index contributed by atoms with van der Waals surface area (Å²) in [6, 6.07) is 18.2. The van der Waals surface area contributed by atoms with Crippen LogP contribution in [-0.4, -0.2) is 33.1 Å². The van der Waals surface area contributed by atoms with Crippen molar-refractivity contribution in [2.75, 3.05) is 11.9 Å². The van der Waals surface area contributed by atoms with Gasteiger partial charge in [-0.25, -0.2) is 0 Å². The molecule has 4 aromatic rings. The van der Waals surface area contributed by atoms with Gasteiger partial charge in [0.2, 0.25) is 5.91 Å². The van der Waals surface area contributed by atoms with Crippen molar-refractivity contribution >= 4 is 86.3 Å². The van der Waals surface area contributed by atoms with Crippen LogP contribution in [0, 0.1) is 6.92 Å². The van der Waals surface area contributed by atoms with Crippen LogP contribution in [0.4, 0.5) is 10.5 Å². The maximum atomic E-state index is 13.1. The van der Waals surface area contributed by atoms with Gasteiger partial charge >= 0.3 is 0 Å². The van der Waals surface area contributed by atoms with Crippen LogP contribution in [0.3, 0.4) is 0 Å². The van der Waals surface area contributed by atoms with E-state index in [1.165, 1.54) is 0 Å². The number of fused-ring (bicyclic) bond motifs is 1. The molecule has 1 aliphatic rings. The second-order valence-electron chi connectivity index (χ2n) is 8.74. The summed E-state index contributed by atoms with van der Waals surface area (Å²) in [5, 5.41) is 4.72. The van der Waals surface area contributed by atoms with Gasteiger partial charge in [-0.3, -0.25) is 19.3 Å². The molecule has 0 saturated carbocycles. The summed E-state index contributed by atoms with van der Waals surface area (Å²) in [7, 11) is 0. The molecule has 3 aromatic carbocycles. The van der Waals surface area contributed by atoms with E-state index in [-0.39, 0.29) is 4.91 Å². The highest BCUT2D eigenvalue weighted by Gasteiger charge is 2.36. The second kappa shape index (κ2) is 10.9. The largest absolute Gasteiger partial charge is 0.342 e. The van der Waals surface area contributed by atoms with Gasteiger partial charge < -0.3 is 9.88 Å². The second-order valence-corrected chi connectivity index (χ2v) is 11.0. The molecule has 0 aliphatic carbocycles. The van der Waals surface area contributed by atoms with Crippen molar-refractivity contribution in [1.82, 2.24) is 9.47 Å². The van der Waals surface area contributed by atoms with Gasteiger partial charge in [0.25, 0.3) is 11.1 Å². The lowest BCUT2D eigenvalue weighted by Gasteiger charge is -2.13. The van der Waals surface area contributed by atoms with Gasteiger partial charge in [0, 0.05) is 50.0 Å². The highest BCUT2D eigenvalue weighted by atomic mass is 35.5. The fourth-order valence-electron chi connectivity index (χ4n) is 4.19. The summed E-state index contributed by atoms with van der Waals surface area (Å²) in [6.07, 6.45) is 3.60. The number of aromatic nitrogens is 1. The molecule has 5 rings (SSSR count). The van der Waals surface area contributed by atoms with E-state index in [2.05, 4.69) is 5.32 Å². The lowest BCUT2D eigenvalue weighted by molar-refractivity contribution is -0.127. The Morgan fingerprint density at radius 1 is 1.00 bits per heavy atom. The number of amides is 3. The Kier molecular flexibility index (Phi) is 7.54. The number of nitrogens with one attached hydrogen (secondary N) is 1. The number of imide groups is 1. The number of carbonyl (C=O) groups excluding carboxylic acids is 3. The van der Waals surface area contributed by atoms with Crippen molar-refractivity contribution in [2.24, 2.45) is 0 Å². The molecule has 1 aliphatic heterocycles. The van der Waals surface area contributed by atoms with Crippen LogP contribution < -0.4 is 5.32 Å². The molecule has 0 unspecified atom stereocenters. The Labute approximate surface area is 238 Å². The summed E-state index contributed by atoms with van der Waals surface area (Å²) in [5.74, 6) is -1.01. The monoisotopic (exact) mass is 583 g/mol. The fourth-order valence-corrected chi connectivity index (χ4v) is 5.66. The number of carbonyl (C=O) groups is 3. The number of rotatable bonds is 6. The Morgan fingerprint density at radius 3 is 2.53 bits per heavy atom. The molecule has 192 valence electrons. The van der Waals surface area contributed by atoms with Gasteiger partial charge in [0.05, 0.1) is 4.91 Å². The average Bonchev–Trinajstić information content (AvgIpc) is 3.35. The molecule has 1 saturated heterocycles. The van der Waals surface area contributed by atoms with E-state index in [1.54, 1.807) is 36.4 Å². The summed E-state index contributed by atoms with van der Waals surface area (Å²) in [5.41, 5.74) is 3.95. The molecule has 0 atom stereocenters. The quantitative estimate of drug-likeness (QED) is 0.237. The normalized spacial score (nSPS) is 14.6. The minimum Gasteiger partial charge on any atom is -0.342 e. The first-order valence-electron chi connectivity index (χ1n) is 11.5. The molecule has 6 nitrogen and oxygen atoms in total. The van der Waals surface area contributed by atoms with E-state index >= 15 is 0 Å². The molecule has 1 N–H and O–H groups in total. The number of halogens is 3. The maximum Gasteiger partial charge on any atom is 0.294 e. The number of para-hydroxylation sites is 1. The van der Waals surface area contributed by atoms with Crippen molar-refractivity contribution < 1.29 is 14.4 Å². The Morgan fingerprint density at radius 2 is 1.74 bits per heavy atom. The maximum absolute atomic E-state index is 13.1. The molecule has 10 heteroatoms. The van der Waals surface area contributed by atoms with E-state index in [0.29, 0.717) is 27.3 Å². The molecule has 0 radical (unpaired) electrons. The van der Waals surface area contributed by atoms with Gasteiger partial charge in [-0.2, -0.15) is 0 Å². The summed E-state index contributed by atoms with van der Waals surface area (Å²) in [4.78, 5) is 39.6. The smallest absolute Gasteiger partial charge is 0.294 e. The number of hydrogen-bond donors (Lipinski definition) is 1. The molecule has 2 heterocycles. The summed E-state index contributed by atoms with van der Waals surface area (Å²) < 4.78 is 2.03. The molecule has 0 spiro atoms. The minimum atomic E-state index is -0.518. The van der Waals surface area contributed by atoms with E-state index in [1.807, 2.05) is 48.0 Å². The van der Waals surface area contributed by atoms with E-state index in [4.69, 9.17) is 34.8 Å². The average molecular weight is 585 g/mol. The van der Waals surface area contributed by atoms with Crippen molar-refractivity contribution in [2.45, 2.75) is 13.5 Å². The highest BCUT2D eigenvalue weighted by Crippen LogP contribution is 2.35. The number of thioether (sulfide) groups is 1. The zero-order chi connectivity index (χ0) is 27.0. The third kappa shape index (κ3) is 5.47. The van der Waals surface area contributed by atoms with Crippen molar-refractivity contribution in [1.29, 1.82) is 0 Å². The first kappa shape index (κ1) is 26.4. The number of anilines is 1. The molecule has 3 amide bonds. The lowest BCUT2D eigenvalue weighted by atomic mass is 10.1. The SMILES string of the molecule is Cc1ccc(Cl)cc1NC(=O)CN1C(=O)S/C(=C/c2cn(Cc3ccc(Cl)cc3Cl)c3ccccc23)C1=O. The predicted molar refractivity (Wildman–Crippen MR) is 155 cm³/mol. The summed E-state index contributed by atoms with van der Waals surface area (Å²) >= 11 is 19.3. The lowest BCUT2D eigenvalue weighted by Crippen LogP contribution is -2.36. The van der Waals surface area contributed by atoms with Crippen LogP contribution in [0.1, 0.15) is 16.7 Å². The highest BCUT2D eigenvalue weighted by molar-refractivity contribution is 8.18. The molecule has 38 heavy (non-hydrogen) atoms. The molecule has 1 fully saturated rings. The molecular weight excluding hydrogens is 565 g/mol. The van der Waals surface area contributed by atoms with Crippen LogP contribution in [0.25, 0.3) is 17.0 Å². The zero-order valence-corrected chi connectivity index (χ0v) is 23.1. The number of nitrogens with zero attached hydrogens (tertiary/aromatic N) is 2. The van der Waals surface area contributed by atoms with Gasteiger partial charge in [-0.15, -0.1) is 0 Å². The van der Waals surface area contributed by atoms with Crippen molar-refractivity contribution in [3.8, 4) is 0 Å². The van der Waals surface area contributed by atoms with Gasteiger partial charge in [0.15, 0.2) is 0 Å². The van der Waals surface area contributed by atoms with Gasteiger partial charge in [-0.1, -0.05) is 65.1 Å². The third-order valence-electron chi connectivity index (χ3n) is 6.11. The topological polar surface area (TPSA) is 71.4 Å². The van der Waals surface area contributed by atoms with Crippen LogP contribution in [-0.2, 0) is 16.1 Å². The Bertz CT molecular complexity index is 1650. The first-order chi connectivity index (χ1) is 18.2. The third-order valence-corrected chi connectivity index (χ3v) is 7.84. The Hall–Kier alpha value is -3.23. The number of aryl methyl sites for hydroxylation is 1. The standard InChI is InChI=1S/C28H20Cl3N3O3S/c1-16-6-8-20(30)12-23(16)32-26(35)15-34-27(36)25(38-28(34)37)10-18-14-33(24-5-3-2-4-21(18)24)13-17-7-9-19(29)11-22(17)31/h2-12,14H,13,15H2,1H3,(H,32,35)/b25-10+. The first-order valence-corrected chi connectivity index (χ1v) is 13.5. The van der Waals surface area contributed by atoms with E-state index in [9.17, 15) is 14.4 Å².